The van der Waals surface area contributed by atoms with Crippen molar-refractivity contribution in [2.75, 3.05) is 0 Å². The number of hydrogen-bond donors (Lipinski definition) is 1. The lowest BCUT2D eigenvalue weighted by molar-refractivity contribution is -0.155. The van der Waals surface area contributed by atoms with Crippen LogP contribution in [0.5, 0.6) is 0 Å². The molecule has 7 heteroatoms. The minimum Gasteiger partial charge on any atom is -0.351 e. The number of carbonyl (C=O) groups excluding carboxylic acids is 1. The quantitative estimate of drug-likeness (QED) is 0.909. The number of carbonyl (C=O) groups is 1. The molecule has 1 heterocycles. The lowest BCUT2D eigenvalue weighted by atomic mass is 9.78. The first-order valence-electron chi connectivity index (χ1n) is 7.06. The van der Waals surface area contributed by atoms with E-state index in [-0.39, 0.29) is 17.7 Å². The van der Waals surface area contributed by atoms with Crippen LogP contribution in [0.15, 0.2) is 4.52 Å². The average Bonchev–Trinajstić information content (AvgIpc) is 2.77. The lowest BCUT2D eigenvalue weighted by Crippen LogP contribution is -2.44. The van der Waals surface area contributed by atoms with Gasteiger partial charge in [0.05, 0.1) is 5.69 Å². The van der Waals surface area contributed by atoms with Gasteiger partial charge in [0.1, 0.15) is 5.56 Å². The fourth-order valence-electron chi connectivity index (χ4n) is 2.86. The highest BCUT2D eigenvalue weighted by Crippen LogP contribution is 2.34. The Kier molecular flexibility index (Phi) is 4.30. The molecular weight excluding hydrogens is 285 g/mol. The van der Waals surface area contributed by atoms with Crippen molar-refractivity contribution in [1.82, 2.24) is 10.5 Å². The summed E-state index contributed by atoms with van der Waals surface area (Å²) >= 11 is 0. The van der Waals surface area contributed by atoms with Crippen molar-refractivity contribution < 1.29 is 22.5 Å². The van der Waals surface area contributed by atoms with Crippen molar-refractivity contribution in [3.63, 3.8) is 0 Å². The molecule has 0 radical (unpaired) electrons. The zero-order valence-electron chi connectivity index (χ0n) is 12.3. The molecule has 118 valence electrons. The minimum absolute atomic E-state index is 0.0451. The first kappa shape index (κ1) is 15.9. The Morgan fingerprint density at radius 2 is 2.00 bits per heavy atom. The topological polar surface area (TPSA) is 55.1 Å². The van der Waals surface area contributed by atoms with Crippen LogP contribution in [-0.2, 0) is 6.18 Å². The summed E-state index contributed by atoms with van der Waals surface area (Å²) in [7, 11) is 0. The van der Waals surface area contributed by atoms with Crippen molar-refractivity contribution in [3.05, 3.63) is 17.0 Å². The second-order valence-electron chi connectivity index (χ2n) is 5.82. The first-order chi connectivity index (χ1) is 9.71. The van der Waals surface area contributed by atoms with Crippen molar-refractivity contribution in [3.8, 4) is 0 Å². The Morgan fingerprint density at radius 1 is 1.33 bits per heavy atom. The summed E-state index contributed by atoms with van der Waals surface area (Å²) in [5.74, 6) is -1.41. The Labute approximate surface area is 121 Å². The van der Waals surface area contributed by atoms with Gasteiger partial charge in [-0.1, -0.05) is 31.8 Å². The van der Waals surface area contributed by atoms with Gasteiger partial charge in [-0.2, -0.15) is 13.2 Å². The van der Waals surface area contributed by atoms with Gasteiger partial charge in [0, 0.05) is 6.04 Å². The molecular formula is C14H19F3N2O2. The lowest BCUT2D eigenvalue weighted by Gasteiger charge is -2.34. The van der Waals surface area contributed by atoms with E-state index < -0.39 is 23.4 Å². The molecule has 0 aliphatic heterocycles. The van der Waals surface area contributed by atoms with Crippen LogP contribution in [0.25, 0.3) is 0 Å². The van der Waals surface area contributed by atoms with E-state index in [0.717, 1.165) is 19.3 Å². The van der Waals surface area contributed by atoms with Crippen molar-refractivity contribution in [2.24, 2.45) is 11.8 Å². The summed E-state index contributed by atoms with van der Waals surface area (Å²) in [6, 6.07) is -0.114. The molecule has 1 aromatic heterocycles. The second kappa shape index (κ2) is 5.69. The van der Waals surface area contributed by atoms with Gasteiger partial charge in [-0.25, -0.2) is 0 Å². The third-order valence-corrected chi connectivity index (χ3v) is 4.37. The van der Waals surface area contributed by atoms with Gasteiger partial charge >= 0.3 is 6.18 Å². The third kappa shape index (κ3) is 3.22. The van der Waals surface area contributed by atoms with E-state index in [0.29, 0.717) is 5.92 Å². The Bertz CT molecular complexity index is 525. The van der Waals surface area contributed by atoms with Crippen LogP contribution in [0.1, 0.15) is 54.9 Å². The van der Waals surface area contributed by atoms with Crippen LogP contribution >= 0.6 is 0 Å². The summed E-state index contributed by atoms with van der Waals surface area (Å²) in [5.41, 5.74) is -0.552. The number of nitrogens with zero attached hydrogens (tertiary/aromatic N) is 1. The minimum atomic E-state index is -4.72. The number of rotatable bonds is 2. The Balaban J connectivity index is 2.19. The molecule has 1 aromatic rings. The predicted octanol–water partition coefficient (Wildman–Crippen LogP) is 3.56. The maximum Gasteiger partial charge on any atom is 0.453 e. The summed E-state index contributed by atoms with van der Waals surface area (Å²) in [6.45, 7) is 5.44. The number of aromatic nitrogens is 1. The van der Waals surface area contributed by atoms with E-state index in [1.165, 1.54) is 6.92 Å². The maximum absolute atomic E-state index is 12.8. The van der Waals surface area contributed by atoms with Crippen molar-refractivity contribution in [2.45, 2.75) is 52.3 Å². The number of halogens is 3. The van der Waals surface area contributed by atoms with Crippen molar-refractivity contribution >= 4 is 5.91 Å². The summed E-state index contributed by atoms with van der Waals surface area (Å²) < 4.78 is 42.8. The molecule has 1 amide bonds. The van der Waals surface area contributed by atoms with Gasteiger partial charge < -0.3 is 9.84 Å². The predicted molar refractivity (Wildman–Crippen MR) is 69.7 cm³/mol. The van der Waals surface area contributed by atoms with E-state index in [4.69, 9.17) is 0 Å². The van der Waals surface area contributed by atoms with Crippen LogP contribution in [0.2, 0.25) is 0 Å². The molecule has 1 N–H and O–H groups in total. The Morgan fingerprint density at radius 3 is 2.62 bits per heavy atom. The largest absolute Gasteiger partial charge is 0.453 e. The molecule has 1 saturated carbocycles. The highest BCUT2D eigenvalue weighted by atomic mass is 19.4. The van der Waals surface area contributed by atoms with Gasteiger partial charge in [0.15, 0.2) is 0 Å². The highest BCUT2D eigenvalue weighted by molar-refractivity contribution is 5.96. The molecule has 3 atom stereocenters. The standard InChI is InChI=1S/C14H19F3N2O2/c1-7-5-4-6-10(8(7)2)18-13(20)11-9(3)19-21-12(11)14(15,16)17/h7-8,10H,4-6H2,1-3H3,(H,18,20)/t7-,8+,10-/m1/s1. The monoisotopic (exact) mass is 304 g/mol. The molecule has 1 fully saturated rings. The average molecular weight is 304 g/mol. The molecule has 1 aliphatic rings. The normalized spacial score (nSPS) is 26.7. The molecule has 21 heavy (non-hydrogen) atoms. The molecule has 1 aliphatic carbocycles. The van der Waals surface area contributed by atoms with E-state index in [9.17, 15) is 18.0 Å². The molecule has 0 saturated heterocycles. The smallest absolute Gasteiger partial charge is 0.351 e. The number of hydrogen-bond acceptors (Lipinski definition) is 3. The zero-order chi connectivity index (χ0) is 15.8. The van der Waals surface area contributed by atoms with Crippen LogP contribution in [0, 0.1) is 18.8 Å². The van der Waals surface area contributed by atoms with Gasteiger partial charge in [-0.05, 0) is 25.2 Å². The Hall–Kier alpha value is -1.53. The van der Waals surface area contributed by atoms with E-state index in [1.54, 1.807) is 0 Å². The number of aryl methyl sites for hydroxylation is 1. The zero-order valence-corrected chi connectivity index (χ0v) is 12.3. The fraction of sp³-hybridized carbons (Fsp3) is 0.714. The molecule has 0 bridgehead atoms. The number of amides is 1. The van der Waals surface area contributed by atoms with Crippen LogP contribution in [0.3, 0.4) is 0 Å². The van der Waals surface area contributed by atoms with Crippen LogP contribution in [0.4, 0.5) is 13.2 Å². The summed E-state index contributed by atoms with van der Waals surface area (Å²) in [6.07, 6.45) is -1.90. The molecule has 4 nitrogen and oxygen atoms in total. The van der Waals surface area contributed by atoms with Gasteiger partial charge in [0.2, 0.25) is 0 Å². The summed E-state index contributed by atoms with van der Waals surface area (Å²) in [4.78, 5) is 12.2. The second-order valence-corrected chi connectivity index (χ2v) is 5.82. The first-order valence-corrected chi connectivity index (χ1v) is 7.06. The third-order valence-electron chi connectivity index (χ3n) is 4.37. The molecule has 0 unspecified atom stereocenters. The maximum atomic E-state index is 12.8. The van der Waals surface area contributed by atoms with Gasteiger partial charge in [-0.3, -0.25) is 4.79 Å². The number of alkyl halides is 3. The molecule has 0 aromatic carbocycles. The summed E-state index contributed by atoms with van der Waals surface area (Å²) in [5, 5.41) is 5.99. The van der Waals surface area contributed by atoms with Crippen LogP contribution in [-0.4, -0.2) is 17.1 Å². The van der Waals surface area contributed by atoms with Gasteiger partial charge in [-0.15, -0.1) is 0 Å². The SMILES string of the molecule is Cc1noc(C(F)(F)F)c1C(=O)N[C@@H]1CCC[C@@H](C)[C@@H]1C. The van der Waals surface area contributed by atoms with Gasteiger partial charge in [0.25, 0.3) is 11.7 Å². The number of nitrogens with one attached hydrogen (secondary N) is 1. The van der Waals surface area contributed by atoms with Crippen LogP contribution < -0.4 is 5.32 Å². The van der Waals surface area contributed by atoms with E-state index in [2.05, 4.69) is 21.9 Å². The molecule has 2 rings (SSSR count). The fourth-order valence-corrected chi connectivity index (χ4v) is 2.86. The van der Waals surface area contributed by atoms with Crippen molar-refractivity contribution in [1.29, 1.82) is 0 Å². The highest BCUT2D eigenvalue weighted by Gasteiger charge is 2.42. The van der Waals surface area contributed by atoms with E-state index in [1.807, 2.05) is 6.92 Å². The molecule has 0 spiro atoms. The van der Waals surface area contributed by atoms with E-state index >= 15 is 0 Å².